The van der Waals surface area contributed by atoms with Crippen molar-refractivity contribution < 1.29 is 17.9 Å². The highest BCUT2D eigenvalue weighted by Gasteiger charge is 2.31. The van der Waals surface area contributed by atoms with E-state index in [9.17, 15) is 13.2 Å². The van der Waals surface area contributed by atoms with Crippen LogP contribution in [0, 0.1) is 0 Å². The lowest BCUT2D eigenvalue weighted by Gasteiger charge is -2.12. The van der Waals surface area contributed by atoms with E-state index in [4.69, 9.17) is 4.74 Å². The predicted molar refractivity (Wildman–Crippen MR) is 63.7 cm³/mol. The minimum atomic E-state index is -4.42. The van der Waals surface area contributed by atoms with Crippen LogP contribution in [0.25, 0.3) is 0 Å². The Hall–Kier alpha value is -1.72. The highest BCUT2D eigenvalue weighted by Crippen LogP contribution is 2.32. The van der Waals surface area contributed by atoms with Crippen LogP contribution in [0.1, 0.15) is 18.9 Å². The Morgan fingerprint density at radius 2 is 2.11 bits per heavy atom. The lowest BCUT2D eigenvalue weighted by molar-refractivity contribution is -0.137. The van der Waals surface area contributed by atoms with Crippen LogP contribution < -0.4 is 10.1 Å². The summed E-state index contributed by atoms with van der Waals surface area (Å²) < 4.78 is 43.0. The number of rotatable bonds is 5. The molecule has 1 aromatic rings. The van der Waals surface area contributed by atoms with Crippen LogP contribution >= 0.6 is 0 Å². The largest absolute Gasteiger partial charge is 0.477 e. The van der Waals surface area contributed by atoms with Gasteiger partial charge < -0.3 is 10.1 Å². The van der Waals surface area contributed by atoms with E-state index in [0.29, 0.717) is 6.42 Å². The fourth-order valence-electron chi connectivity index (χ4n) is 1.20. The second kappa shape index (κ2) is 5.75. The fourth-order valence-corrected chi connectivity index (χ4v) is 1.20. The molecule has 1 N–H and O–H groups in total. The summed E-state index contributed by atoms with van der Waals surface area (Å²) in [4.78, 5) is 3.90. The van der Waals surface area contributed by atoms with Crippen molar-refractivity contribution in [3.63, 3.8) is 0 Å². The van der Waals surface area contributed by atoms with Gasteiger partial charge in [0, 0.05) is 19.5 Å². The first-order valence-corrected chi connectivity index (χ1v) is 5.37. The third kappa shape index (κ3) is 4.27. The molecule has 18 heavy (non-hydrogen) atoms. The zero-order valence-corrected chi connectivity index (χ0v) is 10.3. The number of hydrogen-bond acceptors (Lipinski definition) is 3. The highest BCUT2D eigenvalue weighted by atomic mass is 19.4. The number of nitrogens with zero attached hydrogens (tertiary/aromatic N) is 1. The second-order valence-electron chi connectivity index (χ2n) is 3.88. The molecular formula is C12H15F3N2O. The topological polar surface area (TPSA) is 34.1 Å². The zero-order chi connectivity index (χ0) is 13.8. The molecule has 0 radical (unpaired) electrons. The van der Waals surface area contributed by atoms with E-state index in [0.717, 1.165) is 17.7 Å². The van der Waals surface area contributed by atoms with Crippen LogP contribution in [-0.4, -0.2) is 18.6 Å². The molecule has 0 bridgehead atoms. The summed E-state index contributed by atoms with van der Waals surface area (Å²) in [5.74, 6) is 0.0746. The number of hydrogen-bond donors (Lipinski definition) is 1. The molecule has 6 heteroatoms. The van der Waals surface area contributed by atoms with Gasteiger partial charge >= 0.3 is 6.18 Å². The van der Waals surface area contributed by atoms with Crippen LogP contribution in [0.4, 0.5) is 19.0 Å². The van der Waals surface area contributed by atoms with Gasteiger partial charge in [0.05, 0.1) is 12.2 Å². The van der Waals surface area contributed by atoms with Crippen LogP contribution in [0.2, 0.25) is 0 Å². The van der Waals surface area contributed by atoms with Crippen molar-refractivity contribution in [3.05, 3.63) is 29.8 Å². The van der Waals surface area contributed by atoms with Crippen molar-refractivity contribution in [2.24, 2.45) is 0 Å². The minimum Gasteiger partial charge on any atom is -0.477 e. The van der Waals surface area contributed by atoms with Crippen molar-refractivity contribution >= 4 is 5.82 Å². The van der Waals surface area contributed by atoms with Gasteiger partial charge in [0.15, 0.2) is 0 Å². The first kappa shape index (κ1) is 14.3. The van der Waals surface area contributed by atoms with E-state index < -0.39 is 11.7 Å². The van der Waals surface area contributed by atoms with E-state index in [1.807, 2.05) is 6.92 Å². The normalized spacial score (nSPS) is 11.2. The van der Waals surface area contributed by atoms with Gasteiger partial charge in [-0.3, -0.25) is 0 Å². The molecule has 0 aliphatic heterocycles. The van der Waals surface area contributed by atoms with Crippen LogP contribution in [-0.2, 0) is 6.18 Å². The Kier molecular flexibility index (Phi) is 4.58. The van der Waals surface area contributed by atoms with Gasteiger partial charge in [-0.1, -0.05) is 5.57 Å². The van der Waals surface area contributed by atoms with E-state index in [1.54, 1.807) is 0 Å². The van der Waals surface area contributed by atoms with Crippen molar-refractivity contribution in [1.29, 1.82) is 0 Å². The summed E-state index contributed by atoms with van der Waals surface area (Å²) >= 11 is 0. The van der Waals surface area contributed by atoms with Gasteiger partial charge in [-0.2, -0.15) is 18.2 Å². The van der Waals surface area contributed by atoms with Crippen LogP contribution in [0.5, 0.6) is 5.88 Å². The predicted octanol–water partition coefficient (Wildman–Crippen LogP) is 3.49. The summed E-state index contributed by atoms with van der Waals surface area (Å²) in [6, 6.07) is 1.82. The average molecular weight is 260 g/mol. The average Bonchev–Trinajstić information content (AvgIpc) is 2.27. The molecule has 0 atom stereocenters. The molecule has 0 unspecified atom stereocenters. The van der Waals surface area contributed by atoms with Crippen LogP contribution in [0.3, 0.4) is 0 Å². The lowest BCUT2D eigenvalue weighted by Crippen LogP contribution is -2.09. The minimum absolute atomic E-state index is 0.0459. The third-order valence-electron chi connectivity index (χ3n) is 2.16. The summed E-state index contributed by atoms with van der Waals surface area (Å²) in [6.45, 7) is 5.76. The van der Waals surface area contributed by atoms with Crippen molar-refractivity contribution in [1.82, 2.24) is 4.98 Å². The maximum absolute atomic E-state index is 12.6. The van der Waals surface area contributed by atoms with Crippen LogP contribution in [0.15, 0.2) is 24.3 Å². The molecule has 1 heterocycles. The fraction of sp³-hybridized carbons (Fsp3) is 0.417. The molecule has 0 aliphatic rings. The van der Waals surface area contributed by atoms with Crippen molar-refractivity contribution in [2.75, 3.05) is 19.0 Å². The summed E-state index contributed by atoms with van der Waals surface area (Å²) in [5.41, 5.74) is 0.114. The maximum Gasteiger partial charge on any atom is 0.416 e. The molecule has 0 saturated carbocycles. The maximum atomic E-state index is 12.6. The van der Waals surface area contributed by atoms with Crippen molar-refractivity contribution in [3.8, 4) is 5.88 Å². The molecule has 0 spiro atoms. The van der Waals surface area contributed by atoms with E-state index in [1.165, 1.54) is 7.05 Å². The summed E-state index contributed by atoms with van der Waals surface area (Å²) in [7, 11) is 1.50. The number of pyridine rings is 1. The summed E-state index contributed by atoms with van der Waals surface area (Å²) in [5, 5.41) is 2.57. The van der Waals surface area contributed by atoms with Crippen molar-refractivity contribution in [2.45, 2.75) is 19.5 Å². The van der Waals surface area contributed by atoms with Gasteiger partial charge in [0.25, 0.3) is 0 Å². The molecule has 0 saturated heterocycles. The lowest BCUT2D eigenvalue weighted by atomic mass is 10.2. The molecule has 0 aromatic carbocycles. The van der Waals surface area contributed by atoms with E-state index >= 15 is 0 Å². The Balaban J connectivity index is 2.87. The smallest absolute Gasteiger partial charge is 0.416 e. The quantitative estimate of drug-likeness (QED) is 0.823. The number of anilines is 1. The standard InChI is InChI=1S/C12H15F3N2O/c1-8(2)4-5-18-11-7-9(12(13,14)15)6-10(16-3)17-11/h6-7H,1,4-5H2,2-3H3,(H,16,17). The molecule has 1 rings (SSSR count). The number of aromatic nitrogens is 1. The Morgan fingerprint density at radius 3 is 2.61 bits per heavy atom. The molecule has 3 nitrogen and oxygen atoms in total. The number of halogens is 3. The Labute approximate surface area is 104 Å². The monoisotopic (exact) mass is 260 g/mol. The molecular weight excluding hydrogens is 245 g/mol. The number of nitrogens with one attached hydrogen (secondary N) is 1. The molecule has 0 amide bonds. The molecule has 100 valence electrons. The van der Waals surface area contributed by atoms with E-state index in [-0.39, 0.29) is 18.3 Å². The first-order valence-electron chi connectivity index (χ1n) is 5.37. The van der Waals surface area contributed by atoms with Gasteiger partial charge in [0.2, 0.25) is 5.88 Å². The number of alkyl halides is 3. The SMILES string of the molecule is C=C(C)CCOc1cc(C(F)(F)F)cc(NC)n1. The van der Waals surface area contributed by atoms with Gasteiger partial charge in [-0.05, 0) is 13.0 Å². The zero-order valence-electron chi connectivity index (χ0n) is 10.3. The van der Waals surface area contributed by atoms with Gasteiger partial charge in [0.1, 0.15) is 5.82 Å². The number of ether oxygens (including phenoxy) is 1. The molecule has 1 aromatic heterocycles. The molecule has 0 aliphatic carbocycles. The first-order chi connectivity index (χ1) is 8.32. The Morgan fingerprint density at radius 1 is 1.44 bits per heavy atom. The van der Waals surface area contributed by atoms with Gasteiger partial charge in [-0.25, -0.2) is 0 Å². The Bertz CT molecular complexity index is 430. The summed E-state index contributed by atoms with van der Waals surface area (Å²) in [6.07, 6.45) is -3.84. The molecule has 0 fully saturated rings. The van der Waals surface area contributed by atoms with E-state index in [2.05, 4.69) is 16.9 Å². The van der Waals surface area contributed by atoms with Gasteiger partial charge in [-0.15, -0.1) is 6.58 Å². The second-order valence-corrected chi connectivity index (χ2v) is 3.88. The third-order valence-corrected chi connectivity index (χ3v) is 2.16. The highest BCUT2D eigenvalue weighted by molar-refractivity contribution is 5.42.